The highest BCUT2D eigenvalue weighted by Gasteiger charge is 2.23. The first-order chi connectivity index (χ1) is 12.5. The Kier molecular flexibility index (Phi) is 5.00. The lowest BCUT2D eigenvalue weighted by Gasteiger charge is -2.10. The van der Waals surface area contributed by atoms with Gasteiger partial charge in [0.15, 0.2) is 5.82 Å². The first kappa shape index (κ1) is 17.6. The van der Waals surface area contributed by atoms with Gasteiger partial charge in [-0.1, -0.05) is 36.4 Å². The van der Waals surface area contributed by atoms with Crippen LogP contribution in [0.3, 0.4) is 0 Å². The lowest BCUT2D eigenvalue weighted by molar-refractivity contribution is 0.0175. The van der Waals surface area contributed by atoms with Crippen molar-refractivity contribution in [3.8, 4) is 17.1 Å². The van der Waals surface area contributed by atoms with Crippen LogP contribution < -0.4 is 0 Å². The van der Waals surface area contributed by atoms with Gasteiger partial charge in [-0.2, -0.15) is 0 Å². The van der Waals surface area contributed by atoms with Gasteiger partial charge in [-0.3, -0.25) is 0 Å². The largest absolute Gasteiger partial charge is 0.270 e. The summed E-state index contributed by atoms with van der Waals surface area (Å²) >= 11 is 0. The summed E-state index contributed by atoms with van der Waals surface area (Å²) in [5.41, 5.74) is 2.49. The second-order valence-corrected chi connectivity index (χ2v) is 5.87. The molecule has 0 amide bonds. The monoisotopic (exact) mass is 354 g/mol. The third kappa shape index (κ3) is 4.07. The van der Waals surface area contributed by atoms with Gasteiger partial charge in [0.1, 0.15) is 6.33 Å². The molecule has 7 heteroatoms. The van der Waals surface area contributed by atoms with Crippen molar-refractivity contribution >= 4 is 6.08 Å². The molecule has 0 fully saturated rings. The summed E-state index contributed by atoms with van der Waals surface area (Å²) in [7, 11) is 0. The summed E-state index contributed by atoms with van der Waals surface area (Å²) in [4.78, 5) is 17.9. The van der Waals surface area contributed by atoms with Crippen LogP contribution in [0, 0.1) is 0 Å². The smallest absolute Gasteiger partial charge is 0.220 e. The molecule has 0 atom stereocenters. The molecular weight excluding hydrogens is 338 g/mol. The zero-order chi connectivity index (χ0) is 18.6. The van der Waals surface area contributed by atoms with Crippen molar-refractivity contribution in [2.24, 2.45) is 4.99 Å². The second-order valence-electron chi connectivity index (χ2n) is 5.87. The lowest BCUT2D eigenvalue weighted by Crippen LogP contribution is -2.07. The Morgan fingerprint density at radius 3 is 2.42 bits per heavy atom. The topological polar surface area (TPSA) is 60.1 Å². The van der Waals surface area contributed by atoms with Crippen LogP contribution in [0.1, 0.15) is 18.1 Å². The van der Waals surface area contributed by atoms with E-state index in [4.69, 9.17) is 0 Å². The Morgan fingerprint density at radius 1 is 1.12 bits per heavy atom. The maximum Gasteiger partial charge on any atom is 0.270 e. The van der Waals surface area contributed by atoms with Gasteiger partial charge in [-0.15, -0.1) is 5.10 Å². The van der Waals surface area contributed by atoms with Gasteiger partial charge in [0, 0.05) is 18.1 Å². The molecule has 1 aromatic heterocycles. The van der Waals surface area contributed by atoms with Crippen molar-refractivity contribution in [3.05, 3.63) is 66.0 Å². The zero-order valence-corrected chi connectivity index (χ0v) is 14.1. The van der Waals surface area contributed by atoms with Crippen molar-refractivity contribution in [1.82, 2.24) is 14.8 Å². The number of halogens is 2. The molecule has 26 heavy (non-hydrogen) atoms. The standard InChI is InChI=1S/C19H16F2N4O/c1-19(20,21)16-6-8-17(9-7-16)25-12-23-18(24-25)15-4-2-14(3-5-15)10-11-22-13-26/h2-9,12H,10-11H2,1H3. The molecule has 0 saturated heterocycles. The number of alkyl halides is 2. The van der Waals surface area contributed by atoms with Crippen molar-refractivity contribution in [2.75, 3.05) is 6.54 Å². The molecule has 0 aliphatic carbocycles. The molecule has 0 N–H and O–H groups in total. The number of aliphatic imine (C=N–C) groups is 1. The van der Waals surface area contributed by atoms with Gasteiger partial charge in [-0.05, 0) is 24.1 Å². The maximum absolute atomic E-state index is 13.3. The third-order valence-electron chi connectivity index (χ3n) is 3.92. The van der Waals surface area contributed by atoms with Crippen LogP contribution in [0.25, 0.3) is 17.1 Å². The number of hydrogen-bond acceptors (Lipinski definition) is 4. The summed E-state index contributed by atoms with van der Waals surface area (Å²) in [6, 6.07) is 13.6. The van der Waals surface area contributed by atoms with Crippen molar-refractivity contribution in [3.63, 3.8) is 0 Å². The minimum Gasteiger partial charge on any atom is -0.220 e. The average molecular weight is 354 g/mol. The van der Waals surface area contributed by atoms with Crippen LogP contribution in [0.15, 0.2) is 59.9 Å². The predicted molar refractivity (Wildman–Crippen MR) is 93.1 cm³/mol. The van der Waals surface area contributed by atoms with E-state index >= 15 is 0 Å². The first-order valence-electron chi connectivity index (χ1n) is 8.01. The Labute approximate surface area is 149 Å². The van der Waals surface area contributed by atoms with E-state index in [-0.39, 0.29) is 5.56 Å². The quantitative estimate of drug-likeness (QED) is 0.498. The number of aromatic nitrogens is 3. The first-order valence-corrected chi connectivity index (χ1v) is 8.01. The number of hydrogen-bond donors (Lipinski definition) is 0. The fourth-order valence-electron chi connectivity index (χ4n) is 2.48. The van der Waals surface area contributed by atoms with Crippen molar-refractivity contribution in [1.29, 1.82) is 0 Å². The van der Waals surface area contributed by atoms with E-state index in [0.29, 0.717) is 24.5 Å². The molecule has 0 aliphatic heterocycles. The molecule has 0 aliphatic rings. The van der Waals surface area contributed by atoms with Gasteiger partial charge in [0.25, 0.3) is 5.92 Å². The molecular formula is C19H16F2N4O. The Bertz CT molecular complexity index is 921. The van der Waals surface area contributed by atoms with E-state index in [0.717, 1.165) is 18.1 Å². The molecule has 0 unspecified atom stereocenters. The molecule has 5 nitrogen and oxygen atoms in total. The van der Waals surface area contributed by atoms with Crippen LogP contribution in [0.5, 0.6) is 0 Å². The molecule has 3 rings (SSSR count). The number of isocyanates is 1. The van der Waals surface area contributed by atoms with Crippen LogP contribution in [0.4, 0.5) is 8.78 Å². The number of benzene rings is 2. The van der Waals surface area contributed by atoms with Crippen LogP contribution in [-0.2, 0) is 17.1 Å². The molecule has 3 aromatic rings. The Hall–Kier alpha value is -3.18. The highest BCUT2D eigenvalue weighted by atomic mass is 19.3. The number of rotatable bonds is 6. The summed E-state index contributed by atoms with van der Waals surface area (Å²) in [5, 5.41) is 4.40. The molecule has 0 saturated carbocycles. The van der Waals surface area contributed by atoms with Gasteiger partial charge in [0.05, 0.1) is 12.2 Å². The minimum atomic E-state index is -2.87. The summed E-state index contributed by atoms with van der Waals surface area (Å²) in [6.45, 7) is 1.27. The summed E-state index contributed by atoms with van der Waals surface area (Å²) in [6.07, 6.45) is 3.72. The highest BCUT2D eigenvalue weighted by Crippen LogP contribution is 2.27. The Balaban J connectivity index is 1.76. The van der Waals surface area contributed by atoms with E-state index in [1.54, 1.807) is 23.1 Å². The fourth-order valence-corrected chi connectivity index (χ4v) is 2.48. The third-order valence-corrected chi connectivity index (χ3v) is 3.92. The van der Waals surface area contributed by atoms with E-state index in [1.807, 2.05) is 24.3 Å². The van der Waals surface area contributed by atoms with Crippen LogP contribution >= 0.6 is 0 Å². The van der Waals surface area contributed by atoms with E-state index < -0.39 is 5.92 Å². The summed E-state index contributed by atoms with van der Waals surface area (Å²) < 4.78 is 28.1. The van der Waals surface area contributed by atoms with Crippen LogP contribution in [0.2, 0.25) is 0 Å². The van der Waals surface area contributed by atoms with Crippen LogP contribution in [-0.4, -0.2) is 27.4 Å². The average Bonchev–Trinajstić information content (AvgIpc) is 3.12. The molecule has 1 heterocycles. The SMILES string of the molecule is CC(F)(F)c1ccc(-n2cnc(-c3ccc(CCN=C=O)cc3)n2)cc1. The van der Waals surface area contributed by atoms with Gasteiger partial charge < -0.3 is 0 Å². The zero-order valence-electron chi connectivity index (χ0n) is 14.1. The molecule has 2 aromatic carbocycles. The highest BCUT2D eigenvalue weighted by molar-refractivity contribution is 5.55. The van der Waals surface area contributed by atoms with Crippen molar-refractivity contribution < 1.29 is 13.6 Å². The van der Waals surface area contributed by atoms with Gasteiger partial charge in [0.2, 0.25) is 6.08 Å². The number of carbonyl (C=O) groups excluding carboxylic acids is 1. The van der Waals surface area contributed by atoms with E-state index in [1.165, 1.54) is 18.2 Å². The molecule has 132 valence electrons. The lowest BCUT2D eigenvalue weighted by atomic mass is 10.1. The Morgan fingerprint density at radius 2 is 1.81 bits per heavy atom. The normalized spacial score (nSPS) is 11.2. The van der Waals surface area contributed by atoms with Gasteiger partial charge >= 0.3 is 0 Å². The van der Waals surface area contributed by atoms with E-state index in [2.05, 4.69) is 15.1 Å². The second kappa shape index (κ2) is 7.37. The van der Waals surface area contributed by atoms with Crippen molar-refractivity contribution in [2.45, 2.75) is 19.3 Å². The predicted octanol–water partition coefficient (Wildman–Crippen LogP) is 3.92. The van der Waals surface area contributed by atoms with E-state index in [9.17, 15) is 13.6 Å². The number of nitrogens with zero attached hydrogens (tertiary/aromatic N) is 4. The molecule has 0 spiro atoms. The molecule has 0 bridgehead atoms. The van der Waals surface area contributed by atoms with Gasteiger partial charge in [-0.25, -0.2) is 28.2 Å². The molecule has 0 radical (unpaired) electrons. The fraction of sp³-hybridized carbons (Fsp3) is 0.211. The maximum atomic E-state index is 13.3. The summed E-state index contributed by atoms with van der Waals surface area (Å²) in [5.74, 6) is -2.34. The minimum absolute atomic E-state index is 0.0453.